The quantitative estimate of drug-likeness (QED) is 0.535. The van der Waals surface area contributed by atoms with Crippen LogP contribution in [0.25, 0.3) is 10.6 Å². The number of aromatic nitrogens is 1. The van der Waals surface area contributed by atoms with Crippen LogP contribution in [0.15, 0.2) is 42.6 Å². The Morgan fingerprint density at radius 2 is 1.97 bits per heavy atom. The van der Waals surface area contributed by atoms with E-state index in [0.717, 1.165) is 17.7 Å². The van der Waals surface area contributed by atoms with Crippen LogP contribution >= 0.6 is 12.2 Å². The molecule has 1 saturated heterocycles. The Morgan fingerprint density at radius 1 is 1.24 bits per heavy atom. The number of carbonyl (C=O) groups is 1. The van der Waals surface area contributed by atoms with Crippen LogP contribution in [0, 0.1) is 13.5 Å². The Kier molecular flexibility index (Phi) is 5.16. The molecule has 0 radical (unpaired) electrons. The first kappa shape index (κ1) is 21.5. The third kappa shape index (κ3) is 3.30. The van der Waals surface area contributed by atoms with Crippen LogP contribution in [0.3, 0.4) is 0 Å². The number of aliphatic hydroxyl groups is 2. The highest BCUT2D eigenvalue weighted by molar-refractivity contribution is 7.81. The van der Waals surface area contributed by atoms with Crippen molar-refractivity contribution in [3.8, 4) is 0 Å². The molecular weight excluding hydrogens is 440 g/mol. The lowest BCUT2D eigenvalue weighted by Gasteiger charge is -2.43. The van der Waals surface area contributed by atoms with Crippen molar-refractivity contribution in [2.45, 2.75) is 43.9 Å². The number of carbonyl (C=O) groups excluding carboxylic acids is 1. The van der Waals surface area contributed by atoms with Crippen LogP contribution in [-0.2, 0) is 9.53 Å². The number of hydrogen-bond acceptors (Lipinski definition) is 6. The molecule has 2 atom stereocenters. The van der Waals surface area contributed by atoms with E-state index >= 15 is 0 Å². The number of ether oxygens (including phenoxy) is 1. The number of nitrogens with zero attached hydrogens (tertiary/aromatic N) is 4. The van der Waals surface area contributed by atoms with Crippen molar-refractivity contribution < 1.29 is 19.7 Å². The Balaban J connectivity index is 1.48. The second-order valence-corrected chi connectivity index (χ2v) is 8.90. The number of amides is 1. The molecule has 2 aliphatic heterocycles. The van der Waals surface area contributed by atoms with Crippen LogP contribution < -0.4 is 9.80 Å². The van der Waals surface area contributed by atoms with Gasteiger partial charge in [-0.1, -0.05) is 6.57 Å². The molecule has 0 bridgehead atoms. The molecule has 1 aliphatic carbocycles. The molecule has 1 amide bonds. The summed E-state index contributed by atoms with van der Waals surface area (Å²) in [6.45, 7) is 9.03. The molecule has 168 valence electrons. The van der Waals surface area contributed by atoms with Gasteiger partial charge < -0.3 is 24.7 Å². The van der Waals surface area contributed by atoms with Gasteiger partial charge in [-0.2, -0.15) is 0 Å². The summed E-state index contributed by atoms with van der Waals surface area (Å²) in [7, 11) is 0. The van der Waals surface area contributed by atoms with Crippen molar-refractivity contribution in [3.63, 3.8) is 0 Å². The molecule has 0 unspecified atom stereocenters. The lowest BCUT2D eigenvalue weighted by molar-refractivity contribution is -0.123. The van der Waals surface area contributed by atoms with E-state index in [1.807, 2.05) is 29.2 Å². The van der Waals surface area contributed by atoms with Gasteiger partial charge in [0.05, 0.1) is 5.69 Å². The van der Waals surface area contributed by atoms with Gasteiger partial charge in [0.15, 0.2) is 5.11 Å². The molecular formula is C24H22N4O4S. The summed E-state index contributed by atoms with van der Waals surface area (Å²) in [5.41, 5.74) is 2.09. The summed E-state index contributed by atoms with van der Waals surface area (Å²) in [6, 6.07) is 9.24. The number of rotatable bonds is 3. The Bertz CT molecular complexity index is 1220. The van der Waals surface area contributed by atoms with E-state index < -0.39 is 17.7 Å². The number of thiocarbonyl (C=S) groups is 1. The van der Waals surface area contributed by atoms with Gasteiger partial charge in [-0.15, -0.1) is 4.98 Å². The second kappa shape index (κ2) is 7.92. The normalized spacial score (nSPS) is 23.8. The molecule has 5 rings (SSSR count). The van der Waals surface area contributed by atoms with Crippen molar-refractivity contribution in [1.29, 1.82) is 0 Å². The molecule has 33 heavy (non-hydrogen) atoms. The SMILES string of the molecule is [C-]#[N+]c1ncc(N2C(=O)C3(CCC3)N(c3ccc(C4=C[C@@H](O)[C@H](O)CO4)cc3)C2=S)cc1C. The predicted molar refractivity (Wildman–Crippen MR) is 127 cm³/mol. The largest absolute Gasteiger partial charge is 0.490 e. The highest BCUT2D eigenvalue weighted by Crippen LogP contribution is 2.48. The summed E-state index contributed by atoms with van der Waals surface area (Å²) < 4.78 is 5.55. The van der Waals surface area contributed by atoms with Crippen molar-refractivity contribution in [2.75, 3.05) is 16.4 Å². The summed E-state index contributed by atoms with van der Waals surface area (Å²) in [5, 5.41) is 19.9. The van der Waals surface area contributed by atoms with Crippen LogP contribution in [0.5, 0.6) is 0 Å². The summed E-state index contributed by atoms with van der Waals surface area (Å²) in [6.07, 6.45) is 3.44. The number of benzene rings is 1. The lowest BCUT2D eigenvalue weighted by atomic mass is 9.75. The first-order chi connectivity index (χ1) is 15.9. The molecule has 2 fully saturated rings. The van der Waals surface area contributed by atoms with Gasteiger partial charge in [0.1, 0.15) is 36.3 Å². The molecule has 1 aromatic heterocycles. The Morgan fingerprint density at radius 3 is 2.55 bits per heavy atom. The van der Waals surface area contributed by atoms with Gasteiger partial charge >= 0.3 is 0 Å². The number of aliphatic hydroxyl groups excluding tert-OH is 2. The lowest BCUT2D eigenvalue weighted by Crippen LogP contribution is -2.55. The maximum atomic E-state index is 13.6. The minimum atomic E-state index is -0.977. The number of aryl methyl sites for hydroxylation is 1. The van der Waals surface area contributed by atoms with Crippen LogP contribution in [-0.4, -0.2) is 50.6 Å². The fourth-order valence-corrected chi connectivity index (χ4v) is 5.01. The molecule has 9 heteroatoms. The maximum absolute atomic E-state index is 13.6. The monoisotopic (exact) mass is 462 g/mol. The van der Waals surface area contributed by atoms with Gasteiger partial charge in [0.25, 0.3) is 11.7 Å². The smallest absolute Gasteiger partial charge is 0.272 e. The molecule has 8 nitrogen and oxygen atoms in total. The van der Waals surface area contributed by atoms with Crippen LogP contribution in [0.4, 0.5) is 17.2 Å². The predicted octanol–water partition coefficient (Wildman–Crippen LogP) is 3.09. The fourth-order valence-electron chi connectivity index (χ4n) is 4.54. The van der Waals surface area contributed by atoms with Crippen molar-refractivity contribution in [1.82, 2.24) is 4.98 Å². The molecule has 1 saturated carbocycles. The number of anilines is 2. The molecule has 3 aliphatic rings. The highest BCUT2D eigenvalue weighted by Gasteiger charge is 2.59. The van der Waals surface area contributed by atoms with E-state index in [9.17, 15) is 15.0 Å². The minimum absolute atomic E-state index is 0.0251. The zero-order valence-corrected chi connectivity index (χ0v) is 18.7. The highest BCUT2D eigenvalue weighted by atomic mass is 32.1. The average Bonchev–Trinajstić information content (AvgIpc) is 3.02. The van der Waals surface area contributed by atoms with Crippen molar-refractivity contribution >= 4 is 46.2 Å². The van der Waals surface area contributed by atoms with Crippen molar-refractivity contribution in [2.24, 2.45) is 0 Å². The van der Waals surface area contributed by atoms with Crippen LogP contribution in [0.2, 0.25) is 0 Å². The molecule has 1 aromatic carbocycles. The van der Waals surface area contributed by atoms with E-state index in [1.54, 1.807) is 13.0 Å². The topological polar surface area (TPSA) is 90.5 Å². The summed E-state index contributed by atoms with van der Waals surface area (Å²) in [4.78, 5) is 24.6. The van der Waals surface area contributed by atoms with Crippen LogP contribution in [0.1, 0.15) is 30.4 Å². The average molecular weight is 463 g/mol. The van der Waals surface area contributed by atoms with E-state index in [1.165, 1.54) is 17.2 Å². The van der Waals surface area contributed by atoms with Gasteiger partial charge in [-0.3, -0.25) is 9.69 Å². The first-order valence-corrected chi connectivity index (χ1v) is 11.1. The van der Waals surface area contributed by atoms with E-state index in [2.05, 4.69) is 9.83 Å². The third-order valence-electron chi connectivity index (χ3n) is 6.53. The first-order valence-electron chi connectivity index (χ1n) is 10.7. The Labute approximate surface area is 196 Å². The fraction of sp³-hybridized carbons (Fsp3) is 0.333. The number of hydrogen-bond donors (Lipinski definition) is 2. The van der Waals surface area contributed by atoms with E-state index in [4.69, 9.17) is 23.5 Å². The zero-order valence-electron chi connectivity index (χ0n) is 17.9. The molecule has 3 heterocycles. The van der Waals surface area contributed by atoms with Gasteiger partial charge in [-0.05, 0) is 80.4 Å². The maximum Gasteiger partial charge on any atom is 0.272 e. The zero-order chi connectivity index (χ0) is 23.3. The van der Waals surface area contributed by atoms with Gasteiger partial charge in [-0.25, -0.2) is 0 Å². The molecule has 2 aromatic rings. The second-order valence-electron chi connectivity index (χ2n) is 8.54. The Hall–Kier alpha value is -3.32. The standard InChI is InChI=1S/C24H22N4O4S/c1-14-10-17(12-26-21(14)25-2)27-22(31)24(8-3-9-24)28(23(27)33)16-6-4-15(5-7-16)20-11-18(29)19(30)13-32-20/h4-7,10-12,18-19,29-30H,3,8-9,13H2,1H3/t18-,19-/m1/s1. The van der Waals surface area contributed by atoms with Gasteiger partial charge in [0.2, 0.25) is 0 Å². The van der Waals surface area contributed by atoms with Gasteiger partial charge in [0, 0.05) is 11.3 Å². The van der Waals surface area contributed by atoms with E-state index in [-0.39, 0.29) is 12.5 Å². The molecule has 2 N–H and O–H groups in total. The number of pyridine rings is 1. The van der Waals surface area contributed by atoms with E-state index in [0.29, 0.717) is 40.8 Å². The summed E-state index contributed by atoms with van der Waals surface area (Å²) >= 11 is 5.79. The summed E-state index contributed by atoms with van der Waals surface area (Å²) in [5.74, 6) is 0.731. The minimum Gasteiger partial charge on any atom is -0.490 e. The van der Waals surface area contributed by atoms with Crippen molar-refractivity contribution in [3.05, 3.63) is 65.1 Å². The third-order valence-corrected chi connectivity index (χ3v) is 6.89. The molecule has 1 spiro atoms.